The van der Waals surface area contributed by atoms with Gasteiger partial charge in [0.05, 0.1) is 16.5 Å². The van der Waals surface area contributed by atoms with Crippen molar-refractivity contribution in [2.24, 2.45) is 51.2 Å². The summed E-state index contributed by atoms with van der Waals surface area (Å²) in [4.78, 5) is 25.3. The molecule has 1 amide bonds. The molecule has 0 spiro atoms. The van der Waals surface area contributed by atoms with Crippen molar-refractivity contribution in [3.8, 4) is 0 Å². The van der Waals surface area contributed by atoms with Crippen LogP contribution in [-0.2, 0) is 16.6 Å². The highest BCUT2D eigenvalue weighted by molar-refractivity contribution is 5.96. The summed E-state index contributed by atoms with van der Waals surface area (Å²) in [6.45, 7) is 17.2. The number of hydrogen-bond acceptors (Lipinski definition) is 5. The zero-order valence-electron chi connectivity index (χ0n) is 27.5. The van der Waals surface area contributed by atoms with E-state index in [1.165, 1.54) is 30.5 Å². The molecule has 5 aliphatic rings. The van der Waals surface area contributed by atoms with Crippen molar-refractivity contribution in [1.29, 1.82) is 0 Å². The number of carbonyl (C=O) groups is 1. The topological polar surface area (TPSA) is 98.3 Å². The van der Waals surface area contributed by atoms with Crippen LogP contribution in [0.3, 0.4) is 0 Å². The summed E-state index contributed by atoms with van der Waals surface area (Å²) in [5, 5.41) is 18.7. The molecule has 9 atom stereocenters. The van der Waals surface area contributed by atoms with Crippen molar-refractivity contribution in [3.63, 3.8) is 0 Å². The number of rotatable bonds is 3. The number of non-ortho nitro benzene ring substituents is 1. The summed E-state index contributed by atoms with van der Waals surface area (Å²) in [6.07, 6.45) is 12.9. The monoisotopic (exact) mass is 599 g/mol. The minimum Gasteiger partial charge on any atom is -0.361 e. The second-order valence-corrected chi connectivity index (χ2v) is 16.6. The molecule has 44 heavy (non-hydrogen) atoms. The van der Waals surface area contributed by atoms with Crippen LogP contribution in [0, 0.1) is 61.4 Å². The molecule has 0 radical (unpaired) electrons. The third-order valence-corrected chi connectivity index (χ3v) is 14.7. The lowest BCUT2D eigenvalue weighted by molar-refractivity contribution is -0.384. The van der Waals surface area contributed by atoms with Gasteiger partial charge in [-0.05, 0) is 109 Å². The second kappa shape index (κ2) is 9.53. The lowest BCUT2D eigenvalue weighted by Gasteiger charge is -2.70. The second-order valence-electron chi connectivity index (χ2n) is 16.6. The van der Waals surface area contributed by atoms with Crippen LogP contribution in [-0.4, -0.2) is 16.0 Å². The Labute approximate surface area is 261 Å². The molecule has 7 rings (SSSR count). The zero-order valence-corrected chi connectivity index (χ0v) is 27.5. The first-order valence-electron chi connectivity index (χ1n) is 16.9. The summed E-state index contributed by atoms with van der Waals surface area (Å²) in [5.74, 6) is 3.41. The van der Waals surface area contributed by atoms with Gasteiger partial charge in [0.25, 0.3) is 5.69 Å². The first kappa shape index (κ1) is 29.7. The van der Waals surface area contributed by atoms with E-state index in [4.69, 9.17) is 4.52 Å². The number of allylic oxidation sites excluding steroid dienone is 2. The lowest BCUT2D eigenvalue weighted by atomic mass is 9.33. The standard InChI is InChI=1S/C37H49N3O4/c1-22-14-17-37(32(41)39-25-8-10-26(11-9-25)40(42)43)19-18-35(6)27(30(37)23(22)2)12-13-29-34(5)20-24-21-38-44-31(24)33(3,4)28(34)15-16-36(29,35)7/h8-12,21-23,28-30H,13-20H2,1-7H3,(H,39,41)/t22-,23+,28+,29-,30+,34+,35-,36-,37+/m1/s1. The van der Waals surface area contributed by atoms with Crippen molar-refractivity contribution in [2.45, 2.75) is 105 Å². The maximum atomic E-state index is 14.5. The Hall–Kier alpha value is -2.96. The first-order valence-corrected chi connectivity index (χ1v) is 16.9. The van der Waals surface area contributed by atoms with Gasteiger partial charge in [-0.25, -0.2) is 0 Å². The molecule has 7 heteroatoms. The van der Waals surface area contributed by atoms with E-state index in [1.54, 1.807) is 17.7 Å². The SMILES string of the molecule is C[C@H]1[C@H](C)CC[C@]2(C(=O)Nc3ccc([N+](=O)[O-])cc3)CC[C@]3(C)C(=CC[C@@H]4[C@@]5(C)Cc6cnoc6C(C)(C)[C@@H]5CC[C@]43C)[C@H]12. The number of aromatic nitrogens is 1. The Morgan fingerprint density at radius 1 is 1.00 bits per heavy atom. The molecular formula is C37H49N3O4. The Morgan fingerprint density at radius 3 is 2.43 bits per heavy atom. The molecule has 2 aromatic rings. The van der Waals surface area contributed by atoms with Crippen molar-refractivity contribution < 1.29 is 14.2 Å². The third kappa shape index (κ3) is 3.73. The molecule has 1 heterocycles. The van der Waals surface area contributed by atoms with Crippen molar-refractivity contribution in [2.75, 3.05) is 5.32 Å². The van der Waals surface area contributed by atoms with Gasteiger partial charge in [0.1, 0.15) is 5.76 Å². The Balaban J connectivity index is 1.27. The molecule has 3 saturated carbocycles. The molecule has 3 fully saturated rings. The average Bonchev–Trinajstić information content (AvgIpc) is 3.44. The minimum atomic E-state index is -0.465. The van der Waals surface area contributed by atoms with Crippen LogP contribution in [0.4, 0.5) is 11.4 Å². The highest BCUT2D eigenvalue weighted by Gasteiger charge is 2.69. The summed E-state index contributed by atoms with van der Waals surface area (Å²) >= 11 is 0. The summed E-state index contributed by atoms with van der Waals surface area (Å²) in [5.41, 5.74) is 3.30. The van der Waals surface area contributed by atoms with Crippen LogP contribution >= 0.6 is 0 Å². The fourth-order valence-electron chi connectivity index (χ4n) is 12.1. The zero-order chi connectivity index (χ0) is 31.4. The molecule has 0 aliphatic heterocycles. The van der Waals surface area contributed by atoms with Gasteiger partial charge in [-0.1, -0.05) is 65.3 Å². The molecule has 1 N–H and O–H groups in total. The maximum absolute atomic E-state index is 14.5. The van der Waals surface area contributed by atoms with Gasteiger partial charge in [0, 0.05) is 28.8 Å². The van der Waals surface area contributed by atoms with E-state index in [1.807, 2.05) is 6.20 Å². The first-order chi connectivity index (χ1) is 20.7. The normalized spacial score (nSPS) is 42.0. The van der Waals surface area contributed by atoms with Crippen molar-refractivity contribution >= 4 is 17.3 Å². The number of hydrogen-bond donors (Lipinski definition) is 1. The van der Waals surface area contributed by atoms with E-state index in [0.717, 1.165) is 44.3 Å². The molecule has 5 aliphatic carbocycles. The van der Waals surface area contributed by atoms with Crippen molar-refractivity contribution in [3.05, 3.63) is 63.5 Å². The van der Waals surface area contributed by atoms with Crippen LogP contribution in [0.1, 0.15) is 105 Å². The van der Waals surface area contributed by atoms with Gasteiger partial charge in [-0.2, -0.15) is 0 Å². The summed E-state index contributed by atoms with van der Waals surface area (Å²) in [7, 11) is 0. The number of nitrogens with zero attached hydrogens (tertiary/aromatic N) is 2. The average molecular weight is 600 g/mol. The Bertz CT molecular complexity index is 1540. The van der Waals surface area contributed by atoms with E-state index < -0.39 is 10.3 Å². The number of nitro benzene ring substituents is 1. The Morgan fingerprint density at radius 2 is 1.73 bits per heavy atom. The maximum Gasteiger partial charge on any atom is 0.269 e. The Kier molecular flexibility index (Phi) is 6.44. The highest BCUT2D eigenvalue weighted by atomic mass is 16.6. The number of benzene rings is 1. The van der Waals surface area contributed by atoms with E-state index in [9.17, 15) is 14.9 Å². The third-order valence-electron chi connectivity index (χ3n) is 14.7. The number of nitro groups is 1. The number of anilines is 1. The predicted octanol–water partition coefficient (Wildman–Crippen LogP) is 8.89. The van der Waals surface area contributed by atoms with Gasteiger partial charge in [0.15, 0.2) is 0 Å². The van der Waals surface area contributed by atoms with Crippen molar-refractivity contribution in [1.82, 2.24) is 5.16 Å². The molecule has 0 saturated heterocycles. The van der Waals surface area contributed by atoms with E-state index in [2.05, 4.69) is 65.0 Å². The van der Waals surface area contributed by atoms with Gasteiger partial charge in [0.2, 0.25) is 5.91 Å². The lowest BCUT2D eigenvalue weighted by Crippen LogP contribution is -2.65. The fraction of sp³-hybridized carbons (Fsp3) is 0.676. The van der Waals surface area contributed by atoms with Gasteiger partial charge in [-0.15, -0.1) is 0 Å². The molecule has 0 unspecified atom stereocenters. The van der Waals surface area contributed by atoms with Gasteiger partial charge < -0.3 is 9.84 Å². The summed E-state index contributed by atoms with van der Waals surface area (Å²) < 4.78 is 5.88. The molecular weight excluding hydrogens is 550 g/mol. The van der Waals surface area contributed by atoms with Crippen LogP contribution in [0.25, 0.3) is 0 Å². The fourth-order valence-corrected chi connectivity index (χ4v) is 12.1. The molecule has 7 nitrogen and oxygen atoms in total. The van der Waals surface area contributed by atoms with E-state index in [0.29, 0.717) is 29.4 Å². The predicted molar refractivity (Wildman–Crippen MR) is 171 cm³/mol. The van der Waals surface area contributed by atoms with Gasteiger partial charge >= 0.3 is 0 Å². The largest absolute Gasteiger partial charge is 0.361 e. The van der Waals surface area contributed by atoms with Crippen LogP contribution in [0.2, 0.25) is 0 Å². The number of carbonyl (C=O) groups excluding carboxylic acids is 1. The van der Waals surface area contributed by atoms with Crippen LogP contribution in [0.15, 0.2) is 46.6 Å². The molecule has 1 aromatic carbocycles. The van der Waals surface area contributed by atoms with Gasteiger partial charge in [-0.3, -0.25) is 14.9 Å². The summed E-state index contributed by atoms with van der Waals surface area (Å²) in [6, 6.07) is 6.29. The van der Waals surface area contributed by atoms with E-state index in [-0.39, 0.29) is 39.2 Å². The van der Waals surface area contributed by atoms with Crippen LogP contribution < -0.4 is 5.32 Å². The molecule has 1 aromatic heterocycles. The van der Waals surface area contributed by atoms with E-state index >= 15 is 0 Å². The molecule has 0 bridgehead atoms. The molecule has 236 valence electrons. The highest BCUT2D eigenvalue weighted by Crippen LogP contribution is 2.75. The number of fused-ring (bicyclic) bond motifs is 8. The smallest absolute Gasteiger partial charge is 0.269 e. The number of nitrogens with one attached hydrogen (secondary N) is 1. The quantitative estimate of drug-likeness (QED) is 0.216. The van der Waals surface area contributed by atoms with Crippen LogP contribution in [0.5, 0.6) is 0 Å². The number of amides is 1. The minimum absolute atomic E-state index is 0.0239.